The SMILES string of the molecule is Ic1ccc(Nc2ccc(-c3ccc(C4(c5ccccc5)c5ccccc5-c5ccccc54)cc3)cc2)cc1. The average molecular weight is 612 g/mol. The molecule has 0 amide bonds. The van der Waals surface area contributed by atoms with Gasteiger partial charge in [-0.1, -0.05) is 115 Å². The zero-order chi connectivity index (χ0) is 26.2. The number of nitrogens with one attached hydrogen (secondary N) is 1. The molecule has 6 aromatic carbocycles. The van der Waals surface area contributed by atoms with Crippen LogP contribution in [0, 0.1) is 3.57 Å². The molecule has 7 rings (SSSR count). The Balaban J connectivity index is 1.29. The van der Waals surface area contributed by atoms with Gasteiger partial charge in [0.1, 0.15) is 0 Å². The maximum atomic E-state index is 3.49. The van der Waals surface area contributed by atoms with Gasteiger partial charge in [0.25, 0.3) is 0 Å². The Hall–Kier alpha value is -4.15. The van der Waals surface area contributed by atoms with E-state index in [2.05, 4.69) is 180 Å². The number of benzene rings is 6. The van der Waals surface area contributed by atoms with Gasteiger partial charge in [-0.25, -0.2) is 0 Å². The molecule has 1 aliphatic carbocycles. The second kappa shape index (κ2) is 9.87. The maximum Gasteiger partial charge on any atom is 0.0713 e. The van der Waals surface area contributed by atoms with E-state index in [1.54, 1.807) is 0 Å². The fourth-order valence-electron chi connectivity index (χ4n) is 6.07. The molecule has 0 aliphatic heterocycles. The molecule has 186 valence electrons. The first-order valence-electron chi connectivity index (χ1n) is 13.2. The molecule has 0 heterocycles. The van der Waals surface area contributed by atoms with E-state index in [-0.39, 0.29) is 5.41 Å². The van der Waals surface area contributed by atoms with E-state index in [4.69, 9.17) is 0 Å². The monoisotopic (exact) mass is 611 g/mol. The predicted octanol–water partition coefficient (Wildman–Crippen LogP) is 10.1. The summed E-state index contributed by atoms with van der Waals surface area (Å²) in [7, 11) is 0. The Labute approximate surface area is 243 Å². The van der Waals surface area contributed by atoms with E-state index in [0.29, 0.717) is 0 Å². The minimum atomic E-state index is -0.353. The first-order valence-corrected chi connectivity index (χ1v) is 14.3. The molecule has 0 unspecified atom stereocenters. The highest BCUT2D eigenvalue weighted by atomic mass is 127. The van der Waals surface area contributed by atoms with Gasteiger partial charge >= 0.3 is 0 Å². The molecule has 0 saturated carbocycles. The molecular weight excluding hydrogens is 585 g/mol. The lowest BCUT2D eigenvalue weighted by Crippen LogP contribution is -2.28. The van der Waals surface area contributed by atoms with E-state index >= 15 is 0 Å². The number of hydrogen-bond acceptors (Lipinski definition) is 1. The van der Waals surface area contributed by atoms with Crippen LogP contribution in [0.4, 0.5) is 11.4 Å². The second-order valence-corrected chi connectivity index (χ2v) is 11.2. The molecule has 1 nitrogen and oxygen atoms in total. The van der Waals surface area contributed by atoms with Crippen molar-refractivity contribution in [2.75, 3.05) is 5.32 Å². The first-order chi connectivity index (χ1) is 19.2. The molecule has 0 radical (unpaired) electrons. The molecule has 0 fully saturated rings. The third-order valence-electron chi connectivity index (χ3n) is 7.83. The third-order valence-corrected chi connectivity index (χ3v) is 8.55. The zero-order valence-electron chi connectivity index (χ0n) is 21.3. The fourth-order valence-corrected chi connectivity index (χ4v) is 6.43. The highest BCUT2D eigenvalue weighted by Gasteiger charge is 2.45. The predicted molar refractivity (Wildman–Crippen MR) is 172 cm³/mol. The average Bonchev–Trinajstić information content (AvgIpc) is 3.31. The Morgan fingerprint density at radius 1 is 0.410 bits per heavy atom. The number of anilines is 2. The minimum absolute atomic E-state index is 0.353. The second-order valence-electron chi connectivity index (χ2n) is 9.99. The summed E-state index contributed by atoms with van der Waals surface area (Å²) in [6.07, 6.45) is 0. The zero-order valence-corrected chi connectivity index (χ0v) is 23.5. The van der Waals surface area contributed by atoms with Gasteiger partial charge in [0, 0.05) is 14.9 Å². The van der Waals surface area contributed by atoms with Gasteiger partial charge in [-0.3, -0.25) is 0 Å². The highest BCUT2D eigenvalue weighted by Crippen LogP contribution is 2.55. The van der Waals surface area contributed by atoms with Crippen molar-refractivity contribution in [1.82, 2.24) is 0 Å². The summed E-state index contributed by atoms with van der Waals surface area (Å²) >= 11 is 2.33. The van der Waals surface area contributed by atoms with Crippen LogP contribution >= 0.6 is 22.6 Å². The van der Waals surface area contributed by atoms with Crippen molar-refractivity contribution in [3.63, 3.8) is 0 Å². The van der Waals surface area contributed by atoms with E-state index in [0.717, 1.165) is 11.4 Å². The van der Waals surface area contributed by atoms with Crippen molar-refractivity contribution in [3.05, 3.63) is 177 Å². The van der Waals surface area contributed by atoms with Crippen LogP contribution in [0.2, 0.25) is 0 Å². The quantitative estimate of drug-likeness (QED) is 0.191. The van der Waals surface area contributed by atoms with Crippen molar-refractivity contribution < 1.29 is 0 Å². The highest BCUT2D eigenvalue weighted by molar-refractivity contribution is 14.1. The summed E-state index contributed by atoms with van der Waals surface area (Å²) in [5, 5.41) is 3.49. The Bertz CT molecular complexity index is 1710. The summed E-state index contributed by atoms with van der Waals surface area (Å²) < 4.78 is 1.23. The van der Waals surface area contributed by atoms with Crippen molar-refractivity contribution in [2.24, 2.45) is 0 Å². The van der Waals surface area contributed by atoms with Gasteiger partial charge in [0.2, 0.25) is 0 Å². The van der Waals surface area contributed by atoms with E-state index in [1.165, 1.54) is 48.1 Å². The standard InChI is InChI=1S/C37H26IN/c38-30-20-24-32(25-21-30)39-31-22-16-27(17-23-31)26-14-18-29(19-15-26)37(28-8-2-1-3-9-28)35-12-6-4-10-33(35)34-11-5-7-13-36(34)37/h1-25,39H. The summed E-state index contributed by atoms with van der Waals surface area (Å²) in [4.78, 5) is 0. The smallest absolute Gasteiger partial charge is 0.0713 e. The molecular formula is C37H26IN. The van der Waals surface area contributed by atoms with Gasteiger partial charge in [-0.2, -0.15) is 0 Å². The number of rotatable bonds is 5. The molecule has 0 aromatic heterocycles. The largest absolute Gasteiger partial charge is 0.356 e. The summed E-state index contributed by atoms with van der Waals surface area (Å²) in [5.74, 6) is 0. The third kappa shape index (κ3) is 4.07. The van der Waals surface area contributed by atoms with Crippen molar-refractivity contribution in [1.29, 1.82) is 0 Å². The molecule has 39 heavy (non-hydrogen) atoms. The normalized spacial score (nSPS) is 12.9. The lowest BCUT2D eigenvalue weighted by molar-refractivity contribution is 0.768. The van der Waals surface area contributed by atoms with E-state index in [9.17, 15) is 0 Å². The van der Waals surface area contributed by atoms with Crippen molar-refractivity contribution in [2.45, 2.75) is 5.41 Å². The lowest BCUT2D eigenvalue weighted by Gasteiger charge is -2.34. The van der Waals surface area contributed by atoms with E-state index < -0.39 is 0 Å². The number of fused-ring (bicyclic) bond motifs is 3. The van der Waals surface area contributed by atoms with Crippen molar-refractivity contribution in [3.8, 4) is 22.3 Å². The Morgan fingerprint density at radius 2 is 0.846 bits per heavy atom. The van der Waals surface area contributed by atoms with Gasteiger partial charge in [-0.05, 0) is 103 Å². The molecule has 1 N–H and O–H groups in total. The first kappa shape index (κ1) is 23.9. The van der Waals surface area contributed by atoms with Crippen LogP contribution in [0.3, 0.4) is 0 Å². The summed E-state index contributed by atoms with van der Waals surface area (Å²) in [6.45, 7) is 0. The van der Waals surface area contributed by atoms with Gasteiger partial charge in [-0.15, -0.1) is 0 Å². The van der Waals surface area contributed by atoms with Crippen LogP contribution < -0.4 is 5.32 Å². The summed E-state index contributed by atoms with van der Waals surface area (Å²) in [6, 6.07) is 55.0. The molecule has 0 bridgehead atoms. The Kier molecular flexibility index (Phi) is 6.05. The van der Waals surface area contributed by atoms with Crippen LogP contribution in [0.5, 0.6) is 0 Å². The van der Waals surface area contributed by atoms with Crippen LogP contribution in [0.15, 0.2) is 152 Å². The molecule has 6 aromatic rings. The molecule has 1 aliphatic rings. The molecule has 0 atom stereocenters. The van der Waals surface area contributed by atoms with Crippen LogP contribution in [-0.4, -0.2) is 0 Å². The van der Waals surface area contributed by atoms with Gasteiger partial charge in [0.05, 0.1) is 5.41 Å². The number of hydrogen-bond donors (Lipinski definition) is 1. The molecule has 2 heteroatoms. The fraction of sp³-hybridized carbons (Fsp3) is 0.0270. The maximum absolute atomic E-state index is 3.49. The lowest BCUT2D eigenvalue weighted by atomic mass is 9.67. The van der Waals surface area contributed by atoms with Gasteiger partial charge in [0.15, 0.2) is 0 Å². The van der Waals surface area contributed by atoms with Crippen molar-refractivity contribution >= 4 is 34.0 Å². The van der Waals surface area contributed by atoms with Crippen LogP contribution in [0.25, 0.3) is 22.3 Å². The van der Waals surface area contributed by atoms with Crippen LogP contribution in [0.1, 0.15) is 22.3 Å². The summed E-state index contributed by atoms with van der Waals surface area (Å²) in [5.41, 5.74) is 12.1. The molecule has 0 saturated heterocycles. The topological polar surface area (TPSA) is 12.0 Å². The van der Waals surface area contributed by atoms with Crippen LogP contribution in [-0.2, 0) is 5.41 Å². The Morgan fingerprint density at radius 3 is 1.41 bits per heavy atom. The van der Waals surface area contributed by atoms with Gasteiger partial charge < -0.3 is 5.32 Å². The molecule has 0 spiro atoms. The number of halogens is 1. The van der Waals surface area contributed by atoms with E-state index in [1.807, 2.05) is 0 Å². The minimum Gasteiger partial charge on any atom is -0.356 e.